The monoisotopic (exact) mass is 142 g/mol. The second-order valence-electron chi connectivity index (χ2n) is 2.94. The minimum atomic E-state index is 0.0874. The molecule has 1 amide bonds. The predicted molar refractivity (Wildman–Crippen MR) is 39.4 cm³/mol. The molecule has 1 heterocycles. The fourth-order valence-electron chi connectivity index (χ4n) is 1.29. The van der Waals surface area contributed by atoms with Crippen molar-refractivity contribution < 1.29 is 4.79 Å². The Morgan fingerprint density at radius 2 is 2.50 bits per heavy atom. The van der Waals surface area contributed by atoms with E-state index in [1.165, 1.54) is 0 Å². The van der Waals surface area contributed by atoms with Gasteiger partial charge in [-0.2, -0.15) is 0 Å². The Kier molecular flexibility index (Phi) is 2.27. The first kappa shape index (κ1) is 7.54. The highest BCUT2D eigenvalue weighted by molar-refractivity contribution is 5.78. The highest BCUT2D eigenvalue weighted by Gasteiger charge is 2.21. The van der Waals surface area contributed by atoms with Gasteiger partial charge in [0, 0.05) is 13.1 Å². The highest BCUT2D eigenvalue weighted by Crippen LogP contribution is 2.14. The molecule has 1 fully saturated rings. The lowest BCUT2D eigenvalue weighted by Gasteiger charge is -2.13. The van der Waals surface area contributed by atoms with E-state index in [9.17, 15) is 4.79 Å². The number of nitrogens with two attached hydrogens (primary N) is 1. The summed E-state index contributed by atoms with van der Waals surface area (Å²) in [4.78, 5) is 12.8. The number of hydrogen-bond donors (Lipinski definition) is 1. The van der Waals surface area contributed by atoms with Crippen molar-refractivity contribution in [3.05, 3.63) is 0 Å². The smallest absolute Gasteiger partial charge is 0.236 e. The molecule has 0 saturated carbocycles. The molecule has 2 N–H and O–H groups in total. The molecule has 0 aromatic carbocycles. The van der Waals surface area contributed by atoms with E-state index >= 15 is 0 Å². The highest BCUT2D eigenvalue weighted by atomic mass is 16.2. The quantitative estimate of drug-likeness (QED) is 0.551. The minimum Gasteiger partial charge on any atom is -0.341 e. The number of likely N-dealkylation sites (tertiary alicyclic amines) is 1. The van der Waals surface area contributed by atoms with Crippen LogP contribution in [0.3, 0.4) is 0 Å². The zero-order valence-electron chi connectivity index (χ0n) is 6.34. The van der Waals surface area contributed by atoms with E-state index in [0.717, 1.165) is 19.5 Å². The molecule has 0 aromatic rings. The summed E-state index contributed by atoms with van der Waals surface area (Å²) < 4.78 is 0. The molecule has 0 radical (unpaired) electrons. The van der Waals surface area contributed by atoms with Crippen molar-refractivity contribution >= 4 is 5.91 Å². The van der Waals surface area contributed by atoms with E-state index in [1.807, 2.05) is 4.90 Å². The predicted octanol–water partition coefficient (Wildman–Crippen LogP) is -0.187. The first-order valence-corrected chi connectivity index (χ1v) is 3.72. The minimum absolute atomic E-state index is 0.0874. The second kappa shape index (κ2) is 3.01. The third-order valence-electron chi connectivity index (χ3n) is 1.95. The molecular formula is C7H14N2O. The summed E-state index contributed by atoms with van der Waals surface area (Å²) in [5, 5.41) is 0. The van der Waals surface area contributed by atoms with E-state index in [-0.39, 0.29) is 12.5 Å². The van der Waals surface area contributed by atoms with Crippen LogP contribution in [0.5, 0.6) is 0 Å². The topological polar surface area (TPSA) is 46.3 Å². The Morgan fingerprint density at radius 1 is 1.80 bits per heavy atom. The van der Waals surface area contributed by atoms with Crippen molar-refractivity contribution in [1.82, 2.24) is 4.90 Å². The molecule has 58 valence electrons. The summed E-state index contributed by atoms with van der Waals surface area (Å²) >= 11 is 0. The van der Waals surface area contributed by atoms with E-state index < -0.39 is 0 Å². The van der Waals surface area contributed by atoms with Crippen molar-refractivity contribution in [3.8, 4) is 0 Å². The molecule has 0 unspecified atom stereocenters. The van der Waals surface area contributed by atoms with Crippen LogP contribution < -0.4 is 5.73 Å². The van der Waals surface area contributed by atoms with Gasteiger partial charge in [0.2, 0.25) is 5.91 Å². The molecule has 0 aliphatic carbocycles. The number of carbonyl (C=O) groups is 1. The van der Waals surface area contributed by atoms with E-state index in [2.05, 4.69) is 6.92 Å². The van der Waals surface area contributed by atoms with Crippen LogP contribution >= 0.6 is 0 Å². The Morgan fingerprint density at radius 3 is 2.90 bits per heavy atom. The first-order chi connectivity index (χ1) is 4.74. The van der Waals surface area contributed by atoms with Gasteiger partial charge in [-0.3, -0.25) is 4.79 Å². The largest absolute Gasteiger partial charge is 0.341 e. The molecule has 1 saturated heterocycles. The lowest BCUT2D eigenvalue weighted by Crippen LogP contribution is -2.33. The molecule has 10 heavy (non-hydrogen) atoms. The van der Waals surface area contributed by atoms with Gasteiger partial charge in [0.15, 0.2) is 0 Å². The van der Waals surface area contributed by atoms with E-state index in [0.29, 0.717) is 5.92 Å². The summed E-state index contributed by atoms with van der Waals surface area (Å²) in [5.41, 5.74) is 5.21. The summed E-state index contributed by atoms with van der Waals surface area (Å²) in [5.74, 6) is 0.750. The SMILES string of the molecule is C[C@H]1CCN(C(=O)CN)C1. The zero-order valence-corrected chi connectivity index (χ0v) is 6.34. The van der Waals surface area contributed by atoms with Crippen molar-refractivity contribution in [1.29, 1.82) is 0 Å². The Balaban J connectivity index is 2.37. The van der Waals surface area contributed by atoms with Gasteiger partial charge in [0.05, 0.1) is 6.54 Å². The average molecular weight is 142 g/mol. The summed E-state index contributed by atoms with van der Waals surface area (Å²) in [6, 6.07) is 0. The van der Waals surface area contributed by atoms with Crippen molar-refractivity contribution in [2.24, 2.45) is 11.7 Å². The van der Waals surface area contributed by atoms with Crippen LogP contribution in [-0.4, -0.2) is 30.4 Å². The summed E-state index contributed by atoms with van der Waals surface area (Å²) in [6.07, 6.45) is 1.13. The maximum Gasteiger partial charge on any atom is 0.236 e. The van der Waals surface area contributed by atoms with Gasteiger partial charge >= 0.3 is 0 Å². The summed E-state index contributed by atoms with van der Waals surface area (Å²) in [6.45, 7) is 4.11. The Hall–Kier alpha value is -0.570. The molecular weight excluding hydrogens is 128 g/mol. The summed E-state index contributed by atoms with van der Waals surface area (Å²) in [7, 11) is 0. The molecule has 0 aromatic heterocycles. The fourth-order valence-corrected chi connectivity index (χ4v) is 1.29. The average Bonchev–Trinajstić information content (AvgIpc) is 2.34. The Bertz CT molecular complexity index is 136. The molecule has 0 bridgehead atoms. The Labute approximate surface area is 61.2 Å². The normalized spacial score (nSPS) is 25.4. The lowest BCUT2D eigenvalue weighted by atomic mass is 10.2. The number of nitrogens with zero attached hydrogens (tertiary/aromatic N) is 1. The maximum atomic E-state index is 11.0. The van der Waals surface area contributed by atoms with Gasteiger partial charge in [-0.1, -0.05) is 6.92 Å². The maximum absolute atomic E-state index is 11.0. The number of amides is 1. The van der Waals surface area contributed by atoms with Gasteiger partial charge in [-0.25, -0.2) is 0 Å². The third-order valence-corrected chi connectivity index (χ3v) is 1.95. The molecule has 1 aliphatic rings. The van der Waals surface area contributed by atoms with Crippen LogP contribution in [0.15, 0.2) is 0 Å². The second-order valence-corrected chi connectivity index (χ2v) is 2.94. The van der Waals surface area contributed by atoms with Crippen LogP contribution in [-0.2, 0) is 4.79 Å². The standard InChI is InChI=1S/C7H14N2O/c1-6-2-3-9(5-6)7(10)4-8/h6H,2-5,8H2,1H3/t6-/m0/s1. The van der Waals surface area contributed by atoms with Crippen LogP contribution in [0, 0.1) is 5.92 Å². The fraction of sp³-hybridized carbons (Fsp3) is 0.857. The van der Waals surface area contributed by atoms with Gasteiger partial charge < -0.3 is 10.6 Å². The third kappa shape index (κ3) is 1.48. The van der Waals surface area contributed by atoms with Gasteiger partial charge in [-0.05, 0) is 12.3 Å². The van der Waals surface area contributed by atoms with Crippen molar-refractivity contribution in [2.45, 2.75) is 13.3 Å². The van der Waals surface area contributed by atoms with E-state index in [4.69, 9.17) is 5.73 Å². The van der Waals surface area contributed by atoms with Gasteiger partial charge in [0.25, 0.3) is 0 Å². The van der Waals surface area contributed by atoms with E-state index in [1.54, 1.807) is 0 Å². The molecule has 1 rings (SSSR count). The molecule has 3 nitrogen and oxygen atoms in total. The van der Waals surface area contributed by atoms with Gasteiger partial charge in [0.1, 0.15) is 0 Å². The number of hydrogen-bond acceptors (Lipinski definition) is 2. The van der Waals surface area contributed by atoms with Crippen LogP contribution in [0.1, 0.15) is 13.3 Å². The van der Waals surface area contributed by atoms with Crippen molar-refractivity contribution in [3.63, 3.8) is 0 Å². The first-order valence-electron chi connectivity index (χ1n) is 3.72. The zero-order chi connectivity index (χ0) is 7.56. The molecule has 3 heteroatoms. The lowest BCUT2D eigenvalue weighted by molar-refractivity contribution is -0.128. The molecule has 0 spiro atoms. The van der Waals surface area contributed by atoms with Crippen molar-refractivity contribution in [2.75, 3.05) is 19.6 Å². The van der Waals surface area contributed by atoms with Crippen LogP contribution in [0.2, 0.25) is 0 Å². The van der Waals surface area contributed by atoms with Crippen LogP contribution in [0.25, 0.3) is 0 Å². The van der Waals surface area contributed by atoms with Gasteiger partial charge in [-0.15, -0.1) is 0 Å². The van der Waals surface area contributed by atoms with Crippen LogP contribution in [0.4, 0.5) is 0 Å². The number of rotatable bonds is 1. The molecule has 1 atom stereocenters. The number of carbonyl (C=O) groups excluding carboxylic acids is 1. The molecule has 1 aliphatic heterocycles.